The predicted octanol–water partition coefficient (Wildman–Crippen LogP) is 3.75. The van der Waals surface area contributed by atoms with E-state index in [4.69, 9.17) is 9.47 Å². The zero-order valence-electron chi connectivity index (χ0n) is 15.2. The van der Waals surface area contributed by atoms with Crippen LogP contribution in [0, 0.1) is 0 Å². The van der Waals surface area contributed by atoms with Crippen molar-refractivity contribution in [1.82, 2.24) is 0 Å². The monoisotopic (exact) mass is 377 g/mol. The van der Waals surface area contributed by atoms with Gasteiger partial charge in [0.15, 0.2) is 18.1 Å². The number of hydrogen-bond donors (Lipinski definition) is 2. The summed E-state index contributed by atoms with van der Waals surface area (Å²) in [5.74, 6) is -0.776. The lowest BCUT2D eigenvalue weighted by Gasteiger charge is -2.08. The number of methoxy groups -OCH3 is 1. The Balaban J connectivity index is 1.56. The number of phenolic OH excluding ortho intramolecular Hbond substituents is 1. The van der Waals surface area contributed by atoms with E-state index in [1.165, 1.54) is 25.3 Å². The molecule has 28 heavy (non-hydrogen) atoms. The first-order valence-corrected chi connectivity index (χ1v) is 8.56. The minimum Gasteiger partial charge on any atom is -0.504 e. The Morgan fingerprint density at radius 1 is 1.07 bits per heavy atom. The van der Waals surface area contributed by atoms with Crippen LogP contribution in [-0.2, 0) is 14.3 Å². The second-order valence-electron chi connectivity index (χ2n) is 5.95. The molecule has 0 aromatic heterocycles. The van der Waals surface area contributed by atoms with Gasteiger partial charge in [0.25, 0.3) is 5.91 Å². The molecule has 0 saturated carbocycles. The summed E-state index contributed by atoms with van der Waals surface area (Å²) >= 11 is 0. The lowest BCUT2D eigenvalue weighted by atomic mass is 10.1. The maximum atomic E-state index is 12.1. The van der Waals surface area contributed by atoms with Crippen molar-refractivity contribution in [2.45, 2.75) is 0 Å². The van der Waals surface area contributed by atoms with Crippen molar-refractivity contribution < 1.29 is 24.2 Å². The summed E-state index contributed by atoms with van der Waals surface area (Å²) in [5.41, 5.74) is 1.30. The minimum atomic E-state index is -0.653. The Hall–Kier alpha value is -3.80. The van der Waals surface area contributed by atoms with Gasteiger partial charge in [-0.25, -0.2) is 4.79 Å². The fourth-order valence-electron chi connectivity index (χ4n) is 2.67. The lowest BCUT2D eigenvalue weighted by Crippen LogP contribution is -2.20. The second-order valence-corrected chi connectivity index (χ2v) is 5.95. The number of ether oxygens (including phenoxy) is 2. The number of carbonyl (C=O) groups excluding carboxylic acids is 2. The predicted molar refractivity (Wildman–Crippen MR) is 107 cm³/mol. The van der Waals surface area contributed by atoms with Crippen molar-refractivity contribution in [3.63, 3.8) is 0 Å². The van der Waals surface area contributed by atoms with E-state index in [1.54, 1.807) is 18.2 Å². The van der Waals surface area contributed by atoms with Gasteiger partial charge in [-0.2, -0.15) is 0 Å². The third-order valence-corrected chi connectivity index (χ3v) is 4.02. The molecule has 0 radical (unpaired) electrons. The molecule has 0 bridgehead atoms. The summed E-state index contributed by atoms with van der Waals surface area (Å²) in [6.07, 6.45) is 2.71. The van der Waals surface area contributed by atoms with E-state index in [2.05, 4.69) is 5.32 Å². The van der Waals surface area contributed by atoms with Crippen molar-refractivity contribution in [3.05, 3.63) is 72.3 Å². The summed E-state index contributed by atoms with van der Waals surface area (Å²) < 4.78 is 9.98. The molecule has 0 aliphatic rings. The number of amides is 1. The molecule has 0 heterocycles. The van der Waals surface area contributed by atoms with Crippen LogP contribution in [-0.4, -0.2) is 30.7 Å². The molecule has 0 aliphatic heterocycles. The number of anilines is 1. The minimum absolute atomic E-state index is 0.00679. The maximum Gasteiger partial charge on any atom is 0.331 e. The van der Waals surface area contributed by atoms with Gasteiger partial charge in [0, 0.05) is 17.1 Å². The van der Waals surface area contributed by atoms with E-state index >= 15 is 0 Å². The van der Waals surface area contributed by atoms with Crippen LogP contribution in [0.15, 0.2) is 66.7 Å². The smallest absolute Gasteiger partial charge is 0.331 e. The zero-order chi connectivity index (χ0) is 19.9. The number of rotatable bonds is 6. The van der Waals surface area contributed by atoms with Crippen molar-refractivity contribution >= 4 is 34.4 Å². The number of nitrogens with one attached hydrogen (secondary N) is 1. The topological polar surface area (TPSA) is 84.9 Å². The number of hydrogen-bond acceptors (Lipinski definition) is 5. The second kappa shape index (κ2) is 8.73. The van der Waals surface area contributed by atoms with Crippen molar-refractivity contribution in [2.75, 3.05) is 19.0 Å². The molecule has 0 fully saturated rings. The number of esters is 1. The normalized spacial score (nSPS) is 10.8. The molecule has 0 unspecified atom stereocenters. The first-order valence-electron chi connectivity index (χ1n) is 8.56. The highest BCUT2D eigenvalue weighted by Gasteiger charge is 2.08. The molecule has 6 nitrogen and oxygen atoms in total. The van der Waals surface area contributed by atoms with Gasteiger partial charge in [0.2, 0.25) is 0 Å². The summed E-state index contributed by atoms with van der Waals surface area (Å²) in [5, 5.41) is 14.2. The van der Waals surface area contributed by atoms with Gasteiger partial charge in [-0.3, -0.25) is 4.79 Å². The Kier molecular flexibility index (Phi) is 5.91. The lowest BCUT2D eigenvalue weighted by molar-refractivity contribution is -0.142. The summed E-state index contributed by atoms with van der Waals surface area (Å²) in [4.78, 5) is 23.9. The first kappa shape index (κ1) is 19.0. The fraction of sp³-hybridized carbons (Fsp3) is 0.0909. The van der Waals surface area contributed by atoms with Gasteiger partial charge in [-0.15, -0.1) is 0 Å². The highest BCUT2D eigenvalue weighted by Crippen LogP contribution is 2.26. The number of aromatic hydroxyl groups is 1. The van der Waals surface area contributed by atoms with Gasteiger partial charge in [0.05, 0.1) is 7.11 Å². The third-order valence-electron chi connectivity index (χ3n) is 4.02. The zero-order valence-corrected chi connectivity index (χ0v) is 15.2. The number of phenols is 1. The van der Waals surface area contributed by atoms with Gasteiger partial charge < -0.3 is 19.9 Å². The number of fused-ring (bicyclic) bond motifs is 1. The first-order chi connectivity index (χ1) is 13.6. The van der Waals surface area contributed by atoms with Crippen LogP contribution in [0.5, 0.6) is 11.5 Å². The fourth-order valence-corrected chi connectivity index (χ4v) is 2.67. The molecule has 3 aromatic carbocycles. The largest absolute Gasteiger partial charge is 0.504 e. The van der Waals surface area contributed by atoms with E-state index in [0.717, 1.165) is 10.8 Å². The summed E-state index contributed by atoms with van der Waals surface area (Å²) in [6.45, 7) is -0.398. The molecule has 0 aliphatic carbocycles. The van der Waals surface area contributed by atoms with Crippen LogP contribution in [0.2, 0.25) is 0 Å². The molecule has 142 valence electrons. The van der Waals surface area contributed by atoms with Crippen LogP contribution in [0.3, 0.4) is 0 Å². The molecule has 6 heteroatoms. The summed E-state index contributed by atoms with van der Waals surface area (Å²) in [6, 6.07) is 17.9. The van der Waals surface area contributed by atoms with E-state index in [0.29, 0.717) is 17.0 Å². The van der Waals surface area contributed by atoms with Gasteiger partial charge in [-0.1, -0.05) is 42.5 Å². The molecular weight excluding hydrogens is 358 g/mol. The Morgan fingerprint density at radius 2 is 1.86 bits per heavy atom. The summed E-state index contributed by atoms with van der Waals surface area (Å²) in [7, 11) is 1.44. The van der Waals surface area contributed by atoms with Crippen molar-refractivity contribution in [3.8, 4) is 11.5 Å². The number of carbonyl (C=O) groups is 2. The SMILES string of the molecule is COc1cc(/C=C\C(=O)OCC(=O)Nc2cccc3ccccc23)ccc1O. The molecule has 3 rings (SSSR count). The molecule has 0 saturated heterocycles. The molecule has 2 N–H and O–H groups in total. The third kappa shape index (κ3) is 4.67. The Labute approximate surface area is 162 Å². The average molecular weight is 377 g/mol. The van der Waals surface area contributed by atoms with E-state index in [9.17, 15) is 14.7 Å². The Morgan fingerprint density at radius 3 is 2.68 bits per heavy atom. The van der Waals surface area contributed by atoms with Gasteiger partial charge in [0.1, 0.15) is 0 Å². The van der Waals surface area contributed by atoms with E-state index in [1.807, 2.05) is 36.4 Å². The van der Waals surface area contributed by atoms with E-state index in [-0.39, 0.29) is 5.75 Å². The maximum absolute atomic E-state index is 12.1. The highest BCUT2D eigenvalue weighted by molar-refractivity contribution is 6.03. The van der Waals surface area contributed by atoms with Crippen molar-refractivity contribution in [2.24, 2.45) is 0 Å². The molecule has 3 aromatic rings. The Bertz CT molecular complexity index is 1040. The highest BCUT2D eigenvalue weighted by atomic mass is 16.5. The van der Waals surface area contributed by atoms with Crippen LogP contribution in [0.4, 0.5) is 5.69 Å². The van der Waals surface area contributed by atoms with Crippen LogP contribution < -0.4 is 10.1 Å². The molecule has 0 atom stereocenters. The van der Waals surface area contributed by atoms with Crippen LogP contribution >= 0.6 is 0 Å². The van der Waals surface area contributed by atoms with E-state index < -0.39 is 18.5 Å². The van der Waals surface area contributed by atoms with Gasteiger partial charge >= 0.3 is 5.97 Å². The standard InChI is InChI=1S/C22H19NO5/c1-27-20-13-15(9-11-19(20)24)10-12-22(26)28-14-21(25)23-18-8-4-6-16-5-2-3-7-17(16)18/h2-13,24H,14H2,1H3,(H,23,25)/b12-10-. The molecule has 0 spiro atoms. The van der Waals surface area contributed by atoms with Crippen LogP contribution in [0.25, 0.3) is 16.8 Å². The molecular formula is C22H19NO5. The van der Waals surface area contributed by atoms with Crippen LogP contribution in [0.1, 0.15) is 5.56 Å². The number of benzene rings is 3. The van der Waals surface area contributed by atoms with Gasteiger partial charge in [-0.05, 0) is 35.2 Å². The molecule has 1 amide bonds. The van der Waals surface area contributed by atoms with Crippen molar-refractivity contribution in [1.29, 1.82) is 0 Å². The average Bonchev–Trinajstić information content (AvgIpc) is 2.72. The quantitative estimate of drug-likeness (QED) is 0.505.